The molecule has 0 saturated carbocycles. The Balaban J connectivity index is 1.28. The standard InChI is InChI=1S/C24H30N6O3S/c1-29-10-8-20(9-11-29)26-21-3-2-18-17-25-24(28-23(18)16-21)27-19-4-6-22(7-5-19)34(31,32)30-12-14-33-15-13-30/h2-7,16-17,20,26H,8-15H2,1H3,(H,25,27,28). The summed E-state index contributed by atoms with van der Waals surface area (Å²) in [6.07, 6.45) is 4.05. The summed E-state index contributed by atoms with van der Waals surface area (Å²) in [5.41, 5.74) is 2.63. The van der Waals surface area contributed by atoms with E-state index in [0.29, 0.717) is 38.3 Å². The molecular weight excluding hydrogens is 452 g/mol. The van der Waals surface area contributed by atoms with E-state index in [9.17, 15) is 8.42 Å². The van der Waals surface area contributed by atoms with E-state index >= 15 is 0 Å². The molecular formula is C24H30N6O3S. The number of likely N-dealkylation sites (tertiary alicyclic amines) is 1. The van der Waals surface area contributed by atoms with Crippen LogP contribution >= 0.6 is 0 Å². The van der Waals surface area contributed by atoms with Gasteiger partial charge in [0.05, 0.1) is 23.6 Å². The number of morpholine rings is 1. The Hall–Kier alpha value is -2.79. The van der Waals surface area contributed by atoms with Gasteiger partial charge in [0.1, 0.15) is 0 Å². The van der Waals surface area contributed by atoms with E-state index < -0.39 is 10.0 Å². The molecule has 34 heavy (non-hydrogen) atoms. The second-order valence-corrected chi connectivity index (χ2v) is 10.8. The fourth-order valence-corrected chi connectivity index (χ4v) is 5.75. The molecule has 0 radical (unpaired) electrons. The highest BCUT2D eigenvalue weighted by atomic mass is 32.2. The van der Waals surface area contributed by atoms with E-state index in [4.69, 9.17) is 4.74 Å². The number of benzene rings is 2. The monoisotopic (exact) mass is 482 g/mol. The Morgan fingerprint density at radius 2 is 1.68 bits per heavy atom. The maximum absolute atomic E-state index is 12.8. The Morgan fingerprint density at radius 3 is 2.41 bits per heavy atom. The topological polar surface area (TPSA) is 99.7 Å². The molecule has 9 nitrogen and oxygen atoms in total. The summed E-state index contributed by atoms with van der Waals surface area (Å²) in [5, 5.41) is 7.78. The summed E-state index contributed by atoms with van der Waals surface area (Å²) < 4.78 is 32.3. The van der Waals surface area contributed by atoms with Crippen LogP contribution in [0.4, 0.5) is 17.3 Å². The minimum absolute atomic E-state index is 0.268. The molecule has 3 heterocycles. The number of sulfonamides is 1. The number of hydrogen-bond acceptors (Lipinski definition) is 8. The second kappa shape index (κ2) is 9.83. The molecule has 0 amide bonds. The highest BCUT2D eigenvalue weighted by Crippen LogP contribution is 2.24. The molecule has 3 aromatic rings. The van der Waals surface area contributed by atoms with E-state index in [0.717, 1.165) is 48.2 Å². The van der Waals surface area contributed by atoms with Crippen molar-refractivity contribution in [2.75, 3.05) is 57.1 Å². The Labute approximate surface area is 200 Å². The SMILES string of the molecule is CN1CCC(Nc2ccc3cnc(Nc4ccc(S(=O)(=O)N5CCOCC5)cc4)nc3c2)CC1. The van der Waals surface area contributed by atoms with E-state index in [1.165, 1.54) is 4.31 Å². The molecule has 2 saturated heterocycles. The molecule has 0 atom stereocenters. The van der Waals surface area contributed by atoms with Crippen molar-refractivity contribution in [1.29, 1.82) is 0 Å². The van der Waals surface area contributed by atoms with Crippen LogP contribution in [-0.2, 0) is 14.8 Å². The van der Waals surface area contributed by atoms with Crippen molar-refractivity contribution in [1.82, 2.24) is 19.2 Å². The van der Waals surface area contributed by atoms with Crippen molar-refractivity contribution in [3.05, 3.63) is 48.7 Å². The van der Waals surface area contributed by atoms with E-state index in [1.807, 2.05) is 6.07 Å². The van der Waals surface area contributed by atoms with Crippen molar-refractivity contribution < 1.29 is 13.2 Å². The number of nitrogens with one attached hydrogen (secondary N) is 2. The summed E-state index contributed by atoms with van der Waals surface area (Å²) >= 11 is 0. The summed E-state index contributed by atoms with van der Waals surface area (Å²) in [5.74, 6) is 0.465. The van der Waals surface area contributed by atoms with Crippen LogP contribution in [0.2, 0.25) is 0 Å². The van der Waals surface area contributed by atoms with Gasteiger partial charge in [0, 0.05) is 42.1 Å². The molecule has 0 unspecified atom stereocenters. The number of rotatable bonds is 6. The van der Waals surface area contributed by atoms with Crippen LogP contribution in [0.1, 0.15) is 12.8 Å². The van der Waals surface area contributed by atoms with Crippen LogP contribution in [0.3, 0.4) is 0 Å². The molecule has 2 fully saturated rings. The number of ether oxygens (including phenoxy) is 1. The highest BCUT2D eigenvalue weighted by molar-refractivity contribution is 7.89. The maximum atomic E-state index is 12.8. The Bertz CT molecular complexity index is 1240. The third-order valence-corrected chi connectivity index (χ3v) is 8.30. The minimum Gasteiger partial charge on any atom is -0.382 e. The number of fused-ring (bicyclic) bond motifs is 1. The van der Waals surface area contributed by atoms with Crippen LogP contribution < -0.4 is 10.6 Å². The first-order valence-corrected chi connectivity index (χ1v) is 13.1. The van der Waals surface area contributed by atoms with Crippen molar-refractivity contribution in [3.8, 4) is 0 Å². The molecule has 2 N–H and O–H groups in total. The van der Waals surface area contributed by atoms with Gasteiger partial charge in [0.15, 0.2) is 0 Å². The van der Waals surface area contributed by atoms with Crippen molar-refractivity contribution in [2.45, 2.75) is 23.8 Å². The molecule has 1 aromatic heterocycles. The van der Waals surface area contributed by atoms with Crippen LogP contribution in [0.25, 0.3) is 10.9 Å². The lowest BCUT2D eigenvalue weighted by Crippen LogP contribution is -2.40. The molecule has 2 aromatic carbocycles. The molecule has 0 spiro atoms. The second-order valence-electron chi connectivity index (χ2n) is 8.85. The predicted molar refractivity (Wildman–Crippen MR) is 133 cm³/mol. The van der Waals surface area contributed by atoms with Gasteiger partial charge in [-0.1, -0.05) is 0 Å². The lowest BCUT2D eigenvalue weighted by molar-refractivity contribution is 0.0730. The number of aromatic nitrogens is 2. The van der Waals surface area contributed by atoms with Gasteiger partial charge in [-0.3, -0.25) is 0 Å². The van der Waals surface area contributed by atoms with Gasteiger partial charge in [0.2, 0.25) is 16.0 Å². The molecule has 180 valence electrons. The molecule has 0 aliphatic carbocycles. The predicted octanol–water partition coefficient (Wildman–Crippen LogP) is 2.90. The lowest BCUT2D eigenvalue weighted by atomic mass is 10.1. The quantitative estimate of drug-likeness (QED) is 0.553. The Morgan fingerprint density at radius 1 is 0.971 bits per heavy atom. The molecule has 2 aliphatic rings. The fourth-order valence-electron chi connectivity index (χ4n) is 4.34. The zero-order chi connectivity index (χ0) is 23.5. The summed E-state index contributed by atoms with van der Waals surface area (Å²) in [6.45, 7) is 3.81. The summed E-state index contributed by atoms with van der Waals surface area (Å²) in [7, 11) is -1.35. The highest BCUT2D eigenvalue weighted by Gasteiger charge is 2.26. The fraction of sp³-hybridized carbons (Fsp3) is 0.417. The minimum atomic E-state index is -3.52. The third kappa shape index (κ3) is 5.15. The van der Waals surface area contributed by atoms with E-state index in [-0.39, 0.29) is 4.90 Å². The average Bonchev–Trinajstić information content (AvgIpc) is 2.86. The number of hydrogen-bond donors (Lipinski definition) is 2. The van der Waals surface area contributed by atoms with Crippen molar-refractivity contribution in [3.63, 3.8) is 0 Å². The normalized spacial score (nSPS) is 18.7. The van der Waals surface area contributed by atoms with E-state index in [1.54, 1.807) is 30.5 Å². The third-order valence-electron chi connectivity index (χ3n) is 6.39. The zero-order valence-electron chi connectivity index (χ0n) is 19.3. The van der Waals surface area contributed by atoms with Gasteiger partial charge in [-0.2, -0.15) is 4.31 Å². The van der Waals surface area contributed by atoms with Crippen LogP contribution in [0.5, 0.6) is 0 Å². The van der Waals surface area contributed by atoms with Gasteiger partial charge in [0.25, 0.3) is 0 Å². The van der Waals surface area contributed by atoms with Crippen molar-refractivity contribution >= 4 is 38.2 Å². The van der Waals surface area contributed by atoms with Crippen LogP contribution in [-0.4, -0.2) is 80.1 Å². The van der Waals surface area contributed by atoms with Gasteiger partial charge in [-0.05, 0) is 75.4 Å². The molecule has 5 rings (SSSR count). The Kier molecular flexibility index (Phi) is 6.64. The lowest BCUT2D eigenvalue weighted by Gasteiger charge is -2.30. The number of piperidine rings is 1. The average molecular weight is 483 g/mol. The van der Waals surface area contributed by atoms with Gasteiger partial charge >= 0.3 is 0 Å². The smallest absolute Gasteiger partial charge is 0.243 e. The number of nitrogens with zero attached hydrogens (tertiary/aromatic N) is 4. The first kappa shape index (κ1) is 23.0. The summed E-state index contributed by atoms with van der Waals surface area (Å²) in [4.78, 5) is 11.7. The van der Waals surface area contributed by atoms with Gasteiger partial charge in [-0.15, -0.1) is 0 Å². The number of anilines is 3. The summed E-state index contributed by atoms with van der Waals surface area (Å²) in [6, 6.07) is 13.3. The van der Waals surface area contributed by atoms with Gasteiger partial charge in [-0.25, -0.2) is 18.4 Å². The van der Waals surface area contributed by atoms with E-state index in [2.05, 4.69) is 44.7 Å². The molecule has 0 bridgehead atoms. The van der Waals surface area contributed by atoms with Crippen LogP contribution in [0.15, 0.2) is 53.6 Å². The van der Waals surface area contributed by atoms with Gasteiger partial charge < -0.3 is 20.3 Å². The largest absolute Gasteiger partial charge is 0.382 e. The first-order valence-electron chi connectivity index (χ1n) is 11.6. The maximum Gasteiger partial charge on any atom is 0.243 e. The molecule has 10 heteroatoms. The molecule has 2 aliphatic heterocycles. The van der Waals surface area contributed by atoms with Crippen molar-refractivity contribution in [2.24, 2.45) is 0 Å². The zero-order valence-corrected chi connectivity index (χ0v) is 20.1. The van der Waals surface area contributed by atoms with Crippen LogP contribution in [0, 0.1) is 0 Å². The first-order chi connectivity index (χ1) is 16.5.